The van der Waals surface area contributed by atoms with E-state index < -0.39 is 15.8 Å². The molecule has 0 unspecified atom stereocenters. The van der Waals surface area contributed by atoms with Gasteiger partial charge in [0.15, 0.2) is 0 Å². The van der Waals surface area contributed by atoms with Crippen molar-refractivity contribution in [1.82, 2.24) is 4.98 Å². The van der Waals surface area contributed by atoms with Gasteiger partial charge in [-0.25, -0.2) is 12.8 Å². The molecule has 102 valence electrons. The predicted molar refractivity (Wildman–Crippen MR) is 75.5 cm³/mol. The van der Waals surface area contributed by atoms with Crippen LogP contribution in [0.15, 0.2) is 59.6 Å². The van der Waals surface area contributed by atoms with Gasteiger partial charge in [0.25, 0.3) is 10.0 Å². The highest BCUT2D eigenvalue weighted by atomic mass is 32.2. The van der Waals surface area contributed by atoms with Gasteiger partial charge in [0.2, 0.25) is 0 Å². The first-order valence-electron chi connectivity index (χ1n) is 5.90. The fourth-order valence-electron chi connectivity index (χ4n) is 1.97. The minimum atomic E-state index is -3.79. The first kappa shape index (κ1) is 12.7. The van der Waals surface area contributed by atoms with Crippen LogP contribution in [0, 0.1) is 5.82 Å². The number of hydrogen-bond acceptors (Lipinski definition) is 2. The Labute approximate surface area is 115 Å². The SMILES string of the molecule is O=S(=O)(Nc1ccc2[nH]ccc2c1)c1cccc(F)c1. The molecule has 0 aliphatic rings. The minimum Gasteiger partial charge on any atom is -0.361 e. The molecule has 3 aromatic rings. The molecule has 1 heterocycles. The summed E-state index contributed by atoms with van der Waals surface area (Å²) in [7, 11) is -3.79. The van der Waals surface area contributed by atoms with Gasteiger partial charge in [0.05, 0.1) is 4.90 Å². The van der Waals surface area contributed by atoms with E-state index in [1.165, 1.54) is 18.2 Å². The second kappa shape index (κ2) is 4.64. The molecular formula is C14H11FN2O2S. The molecule has 20 heavy (non-hydrogen) atoms. The Hall–Kier alpha value is -2.34. The third-order valence-corrected chi connectivity index (χ3v) is 4.29. The molecule has 4 nitrogen and oxygen atoms in total. The van der Waals surface area contributed by atoms with Crippen LogP contribution in [0.2, 0.25) is 0 Å². The molecule has 3 rings (SSSR count). The van der Waals surface area contributed by atoms with E-state index in [-0.39, 0.29) is 4.90 Å². The quantitative estimate of drug-likeness (QED) is 0.778. The number of aromatic amines is 1. The van der Waals surface area contributed by atoms with E-state index in [0.29, 0.717) is 5.69 Å². The second-order valence-corrected chi connectivity index (χ2v) is 6.02. The van der Waals surface area contributed by atoms with Crippen LogP contribution in [0.3, 0.4) is 0 Å². The van der Waals surface area contributed by atoms with Crippen LogP contribution >= 0.6 is 0 Å². The van der Waals surface area contributed by atoms with Crippen molar-refractivity contribution in [1.29, 1.82) is 0 Å². The molecule has 0 saturated heterocycles. The van der Waals surface area contributed by atoms with Crippen molar-refractivity contribution in [3.8, 4) is 0 Å². The highest BCUT2D eigenvalue weighted by Gasteiger charge is 2.14. The summed E-state index contributed by atoms with van der Waals surface area (Å²) < 4.78 is 39.8. The highest BCUT2D eigenvalue weighted by Crippen LogP contribution is 2.21. The number of halogens is 1. The van der Waals surface area contributed by atoms with E-state index in [1.807, 2.05) is 6.07 Å². The smallest absolute Gasteiger partial charge is 0.261 e. The van der Waals surface area contributed by atoms with Gasteiger partial charge in [0.1, 0.15) is 5.82 Å². The molecule has 0 amide bonds. The van der Waals surface area contributed by atoms with Crippen molar-refractivity contribution in [3.05, 3.63) is 60.5 Å². The Morgan fingerprint density at radius 3 is 2.70 bits per heavy atom. The number of benzene rings is 2. The minimum absolute atomic E-state index is 0.105. The lowest BCUT2D eigenvalue weighted by Crippen LogP contribution is -2.13. The van der Waals surface area contributed by atoms with Gasteiger partial charge in [-0.2, -0.15) is 0 Å². The van der Waals surface area contributed by atoms with Crippen molar-refractivity contribution in [2.45, 2.75) is 4.90 Å². The lowest BCUT2D eigenvalue weighted by molar-refractivity contribution is 0.595. The summed E-state index contributed by atoms with van der Waals surface area (Å²) in [5.74, 6) is -0.589. The van der Waals surface area contributed by atoms with Crippen molar-refractivity contribution in [2.24, 2.45) is 0 Å². The first-order valence-corrected chi connectivity index (χ1v) is 7.38. The van der Waals surface area contributed by atoms with Crippen molar-refractivity contribution >= 4 is 26.6 Å². The van der Waals surface area contributed by atoms with Gasteiger partial charge in [-0.3, -0.25) is 4.72 Å². The van der Waals surface area contributed by atoms with Gasteiger partial charge in [0, 0.05) is 22.8 Å². The molecule has 0 aliphatic carbocycles. The number of nitrogens with one attached hydrogen (secondary N) is 2. The Morgan fingerprint density at radius 1 is 1.05 bits per heavy atom. The Balaban J connectivity index is 1.96. The number of H-pyrrole nitrogens is 1. The van der Waals surface area contributed by atoms with Crippen molar-refractivity contribution in [2.75, 3.05) is 4.72 Å². The number of rotatable bonds is 3. The van der Waals surface area contributed by atoms with Gasteiger partial charge in [-0.1, -0.05) is 6.07 Å². The first-order chi connectivity index (χ1) is 9.54. The van der Waals surface area contributed by atoms with Crippen molar-refractivity contribution in [3.63, 3.8) is 0 Å². The summed E-state index contributed by atoms with van der Waals surface area (Å²) in [6.45, 7) is 0. The number of fused-ring (bicyclic) bond motifs is 1. The Bertz CT molecular complexity index is 872. The fourth-order valence-corrected chi connectivity index (χ4v) is 3.05. The third kappa shape index (κ3) is 2.37. The zero-order valence-corrected chi connectivity index (χ0v) is 11.1. The summed E-state index contributed by atoms with van der Waals surface area (Å²) in [4.78, 5) is 2.92. The zero-order valence-electron chi connectivity index (χ0n) is 10.3. The number of aromatic nitrogens is 1. The van der Waals surface area contributed by atoms with Crippen molar-refractivity contribution < 1.29 is 12.8 Å². The van der Waals surface area contributed by atoms with Crippen LogP contribution in [0.4, 0.5) is 10.1 Å². The van der Waals surface area contributed by atoms with Crippen LogP contribution in [0.1, 0.15) is 0 Å². The molecule has 6 heteroatoms. The fraction of sp³-hybridized carbons (Fsp3) is 0. The standard InChI is InChI=1S/C14H11FN2O2S/c15-11-2-1-3-13(9-11)20(18,19)17-12-4-5-14-10(8-12)6-7-16-14/h1-9,16-17H. The van der Waals surface area contributed by atoms with E-state index in [9.17, 15) is 12.8 Å². The van der Waals surface area contributed by atoms with Crippen LogP contribution in [-0.4, -0.2) is 13.4 Å². The molecule has 0 aliphatic heterocycles. The summed E-state index contributed by atoms with van der Waals surface area (Å²) in [6.07, 6.45) is 1.77. The number of anilines is 1. The molecule has 0 radical (unpaired) electrons. The van der Waals surface area contributed by atoms with Crippen LogP contribution in [0.5, 0.6) is 0 Å². The zero-order chi connectivity index (χ0) is 14.2. The average molecular weight is 290 g/mol. The lowest BCUT2D eigenvalue weighted by atomic mass is 10.2. The van der Waals surface area contributed by atoms with E-state index in [0.717, 1.165) is 17.0 Å². The molecule has 2 N–H and O–H groups in total. The highest BCUT2D eigenvalue weighted by molar-refractivity contribution is 7.92. The normalized spacial score (nSPS) is 11.7. The van der Waals surface area contributed by atoms with E-state index in [2.05, 4.69) is 9.71 Å². The topological polar surface area (TPSA) is 62.0 Å². The lowest BCUT2D eigenvalue weighted by Gasteiger charge is -2.08. The predicted octanol–water partition coefficient (Wildman–Crippen LogP) is 3.11. The van der Waals surface area contributed by atoms with Gasteiger partial charge >= 0.3 is 0 Å². The summed E-state index contributed by atoms with van der Waals surface area (Å²) in [5.41, 5.74) is 1.35. The largest absolute Gasteiger partial charge is 0.361 e. The van der Waals surface area contributed by atoms with Gasteiger partial charge in [-0.15, -0.1) is 0 Å². The number of sulfonamides is 1. The van der Waals surface area contributed by atoms with Crippen LogP contribution in [0.25, 0.3) is 10.9 Å². The second-order valence-electron chi connectivity index (χ2n) is 4.34. The van der Waals surface area contributed by atoms with Crippen LogP contribution in [-0.2, 0) is 10.0 Å². The molecule has 0 saturated carbocycles. The average Bonchev–Trinajstić information content (AvgIpc) is 2.85. The summed E-state index contributed by atoms with van der Waals surface area (Å²) >= 11 is 0. The maximum absolute atomic E-state index is 13.1. The molecule has 0 spiro atoms. The van der Waals surface area contributed by atoms with Crippen LogP contribution < -0.4 is 4.72 Å². The molecule has 2 aromatic carbocycles. The third-order valence-electron chi connectivity index (χ3n) is 2.91. The molecule has 1 aromatic heterocycles. The molecule has 0 fully saturated rings. The Kier molecular flexibility index (Phi) is 2.94. The Morgan fingerprint density at radius 2 is 1.90 bits per heavy atom. The van der Waals surface area contributed by atoms with Gasteiger partial charge in [-0.05, 0) is 42.5 Å². The summed E-state index contributed by atoms with van der Waals surface area (Å²) in [6, 6.07) is 11.9. The van der Waals surface area contributed by atoms with E-state index in [1.54, 1.807) is 24.4 Å². The molecule has 0 atom stereocenters. The van der Waals surface area contributed by atoms with E-state index in [4.69, 9.17) is 0 Å². The molecular weight excluding hydrogens is 279 g/mol. The number of hydrogen-bond donors (Lipinski definition) is 2. The van der Waals surface area contributed by atoms with Gasteiger partial charge < -0.3 is 4.98 Å². The van der Waals surface area contributed by atoms with E-state index >= 15 is 0 Å². The monoisotopic (exact) mass is 290 g/mol. The molecule has 0 bridgehead atoms. The maximum atomic E-state index is 13.1. The maximum Gasteiger partial charge on any atom is 0.261 e. The summed E-state index contributed by atoms with van der Waals surface area (Å²) in [5, 5.41) is 0.893.